The second kappa shape index (κ2) is 13.3. The molecule has 1 atom stereocenters. The van der Waals surface area contributed by atoms with Crippen LogP contribution < -0.4 is 5.73 Å². The fraction of sp³-hybridized carbons (Fsp3) is 0.857. The van der Waals surface area contributed by atoms with E-state index in [1.807, 2.05) is 0 Å². The van der Waals surface area contributed by atoms with E-state index in [1.165, 1.54) is 46.6 Å². The van der Waals surface area contributed by atoms with Crippen molar-refractivity contribution >= 4 is 11.9 Å². The number of carbonyl (C=O) groups is 2. The first-order valence-corrected chi connectivity index (χ1v) is 6.71. The molecule has 1 fully saturated rings. The van der Waals surface area contributed by atoms with E-state index in [2.05, 4.69) is 24.3 Å². The minimum Gasteiger partial charge on any atom is -0.469 e. The number of primary amides is 1. The second-order valence-corrected chi connectivity index (χ2v) is 4.91. The molecule has 1 aliphatic heterocycles. The van der Waals surface area contributed by atoms with Crippen molar-refractivity contribution < 1.29 is 19.1 Å². The Hall–Kier alpha value is -1.10. The highest BCUT2D eigenvalue weighted by atomic mass is 16.5. The van der Waals surface area contributed by atoms with Gasteiger partial charge in [-0.05, 0) is 31.6 Å². The molecule has 0 saturated carbocycles. The molecule has 1 rings (SSSR count). The first-order valence-electron chi connectivity index (χ1n) is 6.71. The van der Waals surface area contributed by atoms with Crippen LogP contribution in [0.3, 0.4) is 0 Å². The van der Waals surface area contributed by atoms with Crippen LogP contribution in [0.2, 0.25) is 0 Å². The molecular formula is C14H29NO4. The molecule has 19 heavy (non-hydrogen) atoms. The van der Waals surface area contributed by atoms with E-state index >= 15 is 0 Å². The van der Waals surface area contributed by atoms with Crippen LogP contribution in [-0.2, 0) is 19.1 Å². The third kappa shape index (κ3) is 22.5. The van der Waals surface area contributed by atoms with Crippen LogP contribution in [-0.4, -0.2) is 31.7 Å². The molecule has 0 bridgehead atoms. The fourth-order valence-electron chi connectivity index (χ4n) is 1.39. The molecule has 0 radical (unpaired) electrons. The molecule has 0 aromatic heterocycles. The molecule has 1 unspecified atom stereocenters. The van der Waals surface area contributed by atoms with Gasteiger partial charge in [-0.2, -0.15) is 0 Å². The highest BCUT2D eigenvalue weighted by Crippen LogP contribution is 2.18. The highest BCUT2D eigenvalue weighted by molar-refractivity contribution is 5.70. The van der Waals surface area contributed by atoms with E-state index in [0.29, 0.717) is 6.10 Å². The van der Waals surface area contributed by atoms with Crippen molar-refractivity contribution in [1.82, 2.24) is 0 Å². The summed E-state index contributed by atoms with van der Waals surface area (Å²) in [5.74, 6) is 0.259. The molecule has 0 aromatic rings. The van der Waals surface area contributed by atoms with Crippen molar-refractivity contribution in [3.05, 3.63) is 0 Å². The lowest BCUT2D eigenvalue weighted by Gasteiger charge is -2.09. The van der Waals surface area contributed by atoms with Crippen molar-refractivity contribution in [3.8, 4) is 0 Å². The van der Waals surface area contributed by atoms with Gasteiger partial charge in [-0.1, -0.05) is 13.8 Å². The van der Waals surface area contributed by atoms with Gasteiger partial charge in [0.1, 0.15) is 0 Å². The summed E-state index contributed by atoms with van der Waals surface area (Å²) in [5, 5.41) is 0. The third-order valence-corrected chi connectivity index (χ3v) is 2.38. The summed E-state index contributed by atoms with van der Waals surface area (Å²) in [6.07, 6.45) is 5.78. The predicted octanol–water partition coefficient (Wildman–Crippen LogP) is 2.27. The Morgan fingerprint density at radius 3 is 2.11 bits per heavy atom. The third-order valence-electron chi connectivity index (χ3n) is 2.38. The quantitative estimate of drug-likeness (QED) is 0.801. The zero-order valence-corrected chi connectivity index (χ0v) is 12.9. The molecule has 114 valence electrons. The van der Waals surface area contributed by atoms with Crippen LogP contribution in [0.4, 0.5) is 0 Å². The van der Waals surface area contributed by atoms with Crippen LogP contribution in [0.15, 0.2) is 0 Å². The maximum Gasteiger partial charge on any atom is 0.302 e. The standard InChI is InChI=1S/C9H18O.C3H6O2.C2H5NO/c1-8(2)5-6-9-4-3-7-10-9;1-3(4)5-2;1-2(3)4/h8-9H,3-7H2,1-2H3;1-2H3;1H3,(H2,3,4). The Labute approximate surface area is 116 Å². The predicted molar refractivity (Wildman–Crippen MR) is 75.6 cm³/mol. The van der Waals surface area contributed by atoms with E-state index in [1.54, 1.807) is 0 Å². The zero-order chi connectivity index (χ0) is 15.3. The maximum atomic E-state index is 9.59. The van der Waals surface area contributed by atoms with Crippen LogP contribution in [0.5, 0.6) is 0 Å². The average molecular weight is 275 g/mol. The van der Waals surface area contributed by atoms with E-state index in [9.17, 15) is 9.59 Å². The molecule has 2 N–H and O–H groups in total. The van der Waals surface area contributed by atoms with Gasteiger partial charge in [-0.15, -0.1) is 0 Å². The van der Waals surface area contributed by atoms with Gasteiger partial charge < -0.3 is 15.2 Å². The molecule has 1 aliphatic rings. The second-order valence-electron chi connectivity index (χ2n) is 4.91. The van der Waals surface area contributed by atoms with Crippen LogP contribution in [0, 0.1) is 5.92 Å². The smallest absolute Gasteiger partial charge is 0.302 e. The summed E-state index contributed by atoms with van der Waals surface area (Å²) in [6, 6.07) is 0. The molecule has 5 heteroatoms. The minimum absolute atomic E-state index is 0.245. The fourth-order valence-corrected chi connectivity index (χ4v) is 1.39. The van der Waals surface area contributed by atoms with Crippen LogP contribution in [0.1, 0.15) is 53.4 Å². The van der Waals surface area contributed by atoms with Crippen molar-refractivity contribution in [2.45, 2.75) is 59.5 Å². The van der Waals surface area contributed by atoms with E-state index in [-0.39, 0.29) is 11.9 Å². The van der Waals surface area contributed by atoms with Gasteiger partial charge in [-0.25, -0.2) is 0 Å². The summed E-state index contributed by atoms with van der Waals surface area (Å²) in [6.45, 7) is 8.21. The highest BCUT2D eigenvalue weighted by Gasteiger charge is 2.14. The van der Waals surface area contributed by atoms with Gasteiger partial charge in [-0.3, -0.25) is 9.59 Å². The van der Waals surface area contributed by atoms with E-state index < -0.39 is 0 Å². The summed E-state index contributed by atoms with van der Waals surface area (Å²) in [7, 11) is 1.35. The molecular weight excluding hydrogens is 246 g/mol. The Morgan fingerprint density at radius 2 is 1.84 bits per heavy atom. The van der Waals surface area contributed by atoms with Crippen molar-refractivity contribution in [2.75, 3.05) is 13.7 Å². The lowest BCUT2D eigenvalue weighted by atomic mass is 10.0. The number of rotatable bonds is 3. The molecule has 0 aromatic carbocycles. The van der Waals surface area contributed by atoms with E-state index in [4.69, 9.17) is 4.74 Å². The van der Waals surface area contributed by atoms with Gasteiger partial charge in [0.2, 0.25) is 5.91 Å². The topological polar surface area (TPSA) is 78.6 Å². The Balaban J connectivity index is 0. The Kier molecular flexibility index (Phi) is 14.2. The van der Waals surface area contributed by atoms with Gasteiger partial charge >= 0.3 is 5.97 Å². The van der Waals surface area contributed by atoms with Crippen LogP contribution >= 0.6 is 0 Å². The van der Waals surface area contributed by atoms with Gasteiger partial charge in [0.05, 0.1) is 13.2 Å². The van der Waals surface area contributed by atoms with E-state index in [0.717, 1.165) is 12.5 Å². The monoisotopic (exact) mass is 275 g/mol. The number of hydrogen-bond donors (Lipinski definition) is 1. The number of nitrogens with two attached hydrogens (primary N) is 1. The van der Waals surface area contributed by atoms with Crippen molar-refractivity contribution in [3.63, 3.8) is 0 Å². The first-order chi connectivity index (χ1) is 8.79. The molecule has 1 amide bonds. The van der Waals surface area contributed by atoms with Crippen LogP contribution in [0.25, 0.3) is 0 Å². The maximum absolute atomic E-state index is 9.59. The lowest BCUT2D eigenvalue weighted by molar-refractivity contribution is -0.137. The van der Waals surface area contributed by atoms with Gasteiger partial charge in [0.25, 0.3) is 0 Å². The average Bonchev–Trinajstić information content (AvgIpc) is 2.79. The SMILES string of the molecule is CC(C)CCC1CCCO1.CC(N)=O.COC(C)=O. The minimum atomic E-state index is -0.333. The van der Waals surface area contributed by atoms with Crippen molar-refractivity contribution in [2.24, 2.45) is 11.7 Å². The Morgan fingerprint density at radius 1 is 1.37 bits per heavy atom. The zero-order valence-electron chi connectivity index (χ0n) is 12.9. The van der Waals surface area contributed by atoms with Crippen molar-refractivity contribution in [1.29, 1.82) is 0 Å². The number of methoxy groups -OCH3 is 1. The number of amides is 1. The summed E-state index contributed by atoms with van der Waals surface area (Å²) < 4.78 is 9.61. The first kappa shape index (κ1) is 20.2. The number of esters is 1. The number of hydrogen-bond acceptors (Lipinski definition) is 4. The number of carbonyl (C=O) groups excluding carboxylic acids is 2. The molecule has 1 saturated heterocycles. The largest absolute Gasteiger partial charge is 0.469 e. The molecule has 0 spiro atoms. The lowest BCUT2D eigenvalue weighted by Crippen LogP contribution is -2.05. The normalized spacial score (nSPS) is 16.8. The molecule has 0 aliphatic carbocycles. The summed E-state index contributed by atoms with van der Waals surface area (Å²) in [5.41, 5.74) is 4.47. The molecule has 1 heterocycles. The molecule has 5 nitrogen and oxygen atoms in total. The number of ether oxygens (including phenoxy) is 2. The summed E-state index contributed by atoms with van der Waals surface area (Å²) >= 11 is 0. The van der Waals surface area contributed by atoms with Gasteiger partial charge in [0, 0.05) is 20.5 Å². The Bertz CT molecular complexity index is 232. The van der Waals surface area contributed by atoms with Gasteiger partial charge in [0.15, 0.2) is 0 Å². The summed E-state index contributed by atoms with van der Waals surface area (Å²) in [4.78, 5) is 18.8.